The maximum atomic E-state index is 13.5. The number of esters is 1. The first-order valence-electron chi connectivity index (χ1n) is 8.01. The predicted molar refractivity (Wildman–Crippen MR) is 87.9 cm³/mol. The van der Waals surface area contributed by atoms with Crippen LogP contribution in [0.2, 0.25) is 5.02 Å². The Morgan fingerprint density at radius 3 is 2.77 bits per heavy atom. The van der Waals surface area contributed by atoms with Gasteiger partial charge in [0.15, 0.2) is 0 Å². The molecule has 1 aromatic heterocycles. The molecule has 2 aromatic rings. The number of halogens is 4. The Hall–Kier alpha value is -1.77. The number of aromatic amines is 1. The van der Waals surface area contributed by atoms with Gasteiger partial charge in [0.25, 0.3) is 5.79 Å². The van der Waals surface area contributed by atoms with Crippen molar-refractivity contribution in [2.75, 3.05) is 19.8 Å². The lowest BCUT2D eigenvalue weighted by molar-refractivity contribution is -0.264. The molecule has 1 atom stereocenters. The van der Waals surface area contributed by atoms with Crippen LogP contribution in [-0.4, -0.2) is 30.8 Å². The van der Waals surface area contributed by atoms with Crippen LogP contribution in [-0.2, 0) is 37.4 Å². The van der Waals surface area contributed by atoms with Crippen molar-refractivity contribution in [3.05, 3.63) is 34.0 Å². The van der Waals surface area contributed by atoms with Crippen molar-refractivity contribution in [2.45, 2.75) is 32.2 Å². The number of aromatic nitrogens is 1. The van der Waals surface area contributed by atoms with Crippen LogP contribution in [0.15, 0.2) is 12.1 Å². The molecule has 0 spiro atoms. The minimum atomic E-state index is -4.55. The monoisotopic (exact) mass is 391 g/mol. The van der Waals surface area contributed by atoms with Crippen LogP contribution in [0.5, 0.6) is 0 Å². The molecule has 0 fully saturated rings. The second-order valence-corrected chi connectivity index (χ2v) is 6.31. The van der Waals surface area contributed by atoms with Gasteiger partial charge in [-0.1, -0.05) is 11.6 Å². The number of hydrogen-bond acceptors (Lipinski definition) is 4. The predicted octanol–water partition coefficient (Wildman–Crippen LogP) is 4.17. The molecule has 0 saturated heterocycles. The Kier molecular flexibility index (Phi) is 4.94. The highest BCUT2D eigenvalue weighted by Crippen LogP contribution is 2.45. The van der Waals surface area contributed by atoms with E-state index in [4.69, 9.17) is 25.8 Å². The van der Waals surface area contributed by atoms with Crippen LogP contribution in [0.3, 0.4) is 0 Å². The molecule has 0 aliphatic carbocycles. The molecular formula is C17H17ClF3NO4. The third-order valence-electron chi connectivity index (χ3n) is 4.19. The normalized spacial score (nSPS) is 20.2. The van der Waals surface area contributed by atoms with Gasteiger partial charge in [-0.15, -0.1) is 0 Å². The summed E-state index contributed by atoms with van der Waals surface area (Å²) in [7, 11) is 0. The summed E-state index contributed by atoms with van der Waals surface area (Å²) in [5, 5.41) is 0.104. The van der Waals surface area contributed by atoms with Crippen LogP contribution in [0.4, 0.5) is 13.2 Å². The highest BCUT2D eigenvalue weighted by Gasteiger charge is 2.46. The maximum Gasteiger partial charge on any atom is 0.417 e. The van der Waals surface area contributed by atoms with E-state index in [9.17, 15) is 18.0 Å². The summed E-state index contributed by atoms with van der Waals surface area (Å²) in [5.74, 6) is -2.28. The molecule has 1 aromatic carbocycles. The summed E-state index contributed by atoms with van der Waals surface area (Å²) >= 11 is 6.12. The van der Waals surface area contributed by atoms with Gasteiger partial charge in [-0.3, -0.25) is 4.79 Å². The zero-order chi connectivity index (χ0) is 19.1. The highest BCUT2D eigenvalue weighted by molar-refractivity contribution is 6.35. The molecule has 0 radical (unpaired) electrons. The zero-order valence-electron chi connectivity index (χ0n) is 14.1. The maximum absolute atomic E-state index is 13.5. The summed E-state index contributed by atoms with van der Waals surface area (Å²) in [4.78, 5) is 14.5. The van der Waals surface area contributed by atoms with Crippen molar-refractivity contribution >= 4 is 28.5 Å². The van der Waals surface area contributed by atoms with Gasteiger partial charge in [-0.05, 0) is 31.0 Å². The number of H-pyrrole nitrogens is 1. The fraction of sp³-hybridized carbons (Fsp3) is 0.471. The number of benzene rings is 1. The fourth-order valence-electron chi connectivity index (χ4n) is 3.23. The third kappa shape index (κ3) is 3.17. The number of hydrogen-bond donors (Lipinski definition) is 1. The van der Waals surface area contributed by atoms with Crippen molar-refractivity contribution in [3.8, 4) is 0 Å². The molecule has 0 saturated carbocycles. The number of alkyl halides is 3. The van der Waals surface area contributed by atoms with E-state index in [1.165, 1.54) is 13.0 Å². The van der Waals surface area contributed by atoms with E-state index in [2.05, 4.69) is 4.98 Å². The minimum Gasteiger partial charge on any atom is -0.424 e. The Morgan fingerprint density at radius 2 is 2.15 bits per heavy atom. The SMILES string of the molecule is CCOCC1(OC(C)=O)OCCc2c1[nH]c1c(Cl)ccc(C(F)(F)F)c21. The van der Waals surface area contributed by atoms with E-state index in [1.54, 1.807) is 6.92 Å². The van der Waals surface area contributed by atoms with E-state index < -0.39 is 23.5 Å². The molecule has 2 heterocycles. The van der Waals surface area contributed by atoms with Gasteiger partial charge in [-0.2, -0.15) is 13.2 Å². The summed E-state index contributed by atoms with van der Waals surface area (Å²) in [5.41, 5.74) is -0.0857. The number of nitrogens with one attached hydrogen (secondary N) is 1. The summed E-state index contributed by atoms with van der Waals surface area (Å²) in [6, 6.07) is 2.13. The number of carbonyl (C=O) groups is 1. The first-order valence-corrected chi connectivity index (χ1v) is 8.39. The number of rotatable bonds is 4. The second-order valence-electron chi connectivity index (χ2n) is 5.90. The summed E-state index contributed by atoms with van der Waals surface area (Å²) in [6.45, 7) is 3.18. The first kappa shape index (κ1) is 19.0. The summed E-state index contributed by atoms with van der Waals surface area (Å²) in [6.07, 6.45) is -4.34. The molecule has 0 bridgehead atoms. The Balaban J connectivity index is 2.29. The van der Waals surface area contributed by atoms with E-state index in [0.717, 1.165) is 6.07 Å². The fourth-order valence-corrected chi connectivity index (χ4v) is 3.44. The van der Waals surface area contributed by atoms with Crippen molar-refractivity contribution in [2.24, 2.45) is 0 Å². The molecule has 3 rings (SSSR count). The molecule has 1 N–H and O–H groups in total. The van der Waals surface area contributed by atoms with Crippen molar-refractivity contribution < 1.29 is 32.2 Å². The zero-order valence-corrected chi connectivity index (χ0v) is 14.9. The van der Waals surface area contributed by atoms with Crippen LogP contribution in [0.25, 0.3) is 10.9 Å². The third-order valence-corrected chi connectivity index (χ3v) is 4.50. The molecule has 26 heavy (non-hydrogen) atoms. The lowest BCUT2D eigenvalue weighted by Crippen LogP contribution is -2.43. The summed E-state index contributed by atoms with van der Waals surface area (Å²) < 4.78 is 56.9. The largest absolute Gasteiger partial charge is 0.424 e. The number of carbonyl (C=O) groups excluding carboxylic acids is 1. The molecule has 1 aliphatic heterocycles. The molecule has 1 unspecified atom stereocenters. The number of fused-ring (bicyclic) bond motifs is 3. The highest BCUT2D eigenvalue weighted by atomic mass is 35.5. The van der Waals surface area contributed by atoms with E-state index in [0.29, 0.717) is 12.2 Å². The molecule has 5 nitrogen and oxygen atoms in total. The van der Waals surface area contributed by atoms with Gasteiger partial charge >= 0.3 is 12.1 Å². The van der Waals surface area contributed by atoms with Crippen molar-refractivity contribution in [3.63, 3.8) is 0 Å². The van der Waals surface area contributed by atoms with Crippen LogP contribution in [0, 0.1) is 0 Å². The average molecular weight is 392 g/mol. The van der Waals surface area contributed by atoms with E-state index in [1.807, 2.05) is 0 Å². The number of ether oxygens (including phenoxy) is 3. The minimum absolute atomic E-state index is 0.0312. The van der Waals surface area contributed by atoms with Gasteiger partial charge in [0, 0.05) is 18.9 Å². The van der Waals surface area contributed by atoms with Crippen molar-refractivity contribution in [1.82, 2.24) is 4.98 Å². The van der Waals surface area contributed by atoms with Crippen LogP contribution >= 0.6 is 11.6 Å². The average Bonchev–Trinajstić information content (AvgIpc) is 2.94. The van der Waals surface area contributed by atoms with Crippen LogP contribution < -0.4 is 0 Å². The molecule has 142 valence electrons. The van der Waals surface area contributed by atoms with Gasteiger partial charge in [-0.25, -0.2) is 0 Å². The standard InChI is InChI=1S/C17H17ClF3NO4/c1-3-24-8-16(26-9(2)23)15-10(6-7-25-16)13-11(17(19,20)21)4-5-12(18)14(13)22-15/h4-5,22H,3,6-8H2,1-2H3. The van der Waals surface area contributed by atoms with Crippen LogP contribution in [0.1, 0.15) is 30.7 Å². The van der Waals surface area contributed by atoms with Gasteiger partial charge in [0.1, 0.15) is 6.61 Å². The smallest absolute Gasteiger partial charge is 0.417 e. The van der Waals surface area contributed by atoms with Gasteiger partial charge < -0.3 is 19.2 Å². The van der Waals surface area contributed by atoms with E-state index in [-0.39, 0.29) is 41.3 Å². The van der Waals surface area contributed by atoms with E-state index >= 15 is 0 Å². The quantitative estimate of drug-likeness (QED) is 0.795. The Bertz CT molecular complexity index is 849. The molecule has 1 aliphatic rings. The Morgan fingerprint density at radius 1 is 1.42 bits per heavy atom. The lowest BCUT2D eigenvalue weighted by Gasteiger charge is -2.35. The lowest BCUT2D eigenvalue weighted by atomic mass is 9.97. The van der Waals surface area contributed by atoms with Crippen molar-refractivity contribution in [1.29, 1.82) is 0 Å². The first-order chi connectivity index (χ1) is 12.2. The van der Waals surface area contributed by atoms with Gasteiger partial charge in [0.2, 0.25) is 0 Å². The molecule has 9 heteroatoms. The van der Waals surface area contributed by atoms with Gasteiger partial charge in [0.05, 0.1) is 28.4 Å². The molecule has 0 amide bonds. The second kappa shape index (κ2) is 6.75. The Labute approximate surface area is 152 Å². The molecular weight excluding hydrogens is 375 g/mol. The topological polar surface area (TPSA) is 60.6 Å².